The molecule has 2 amide bonds. The Labute approximate surface area is 156 Å². The SMILES string of the molecule is O=C(Nc1cccc(N2CCCCC2=O)c1)c1ccc(-n2ccnc2)nc1. The third kappa shape index (κ3) is 3.72. The maximum absolute atomic E-state index is 12.5. The van der Waals surface area contributed by atoms with Gasteiger partial charge in [0.05, 0.1) is 5.56 Å². The van der Waals surface area contributed by atoms with Crippen LogP contribution in [0.25, 0.3) is 5.82 Å². The second-order valence-corrected chi connectivity index (χ2v) is 6.38. The molecule has 1 fully saturated rings. The molecule has 0 atom stereocenters. The lowest BCUT2D eigenvalue weighted by Crippen LogP contribution is -2.35. The first kappa shape index (κ1) is 17.0. The molecular weight excluding hydrogens is 342 g/mol. The molecule has 0 aliphatic carbocycles. The highest BCUT2D eigenvalue weighted by Gasteiger charge is 2.19. The van der Waals surface area contributed by atoms with Crippen molar-refractivity contribution in [2.45, 2.75) is 19.3 Å². The van der Waals surface area contributed by atoms with E-state index in [2.05, 4.69) is 15.3 Å². The van der Waals surface area contributed by atoms with Gasteiger partial charge in [-0.05, 0) is 43.2 Å². The number of hydrogen-bond acceptors (Lipinski definition) is 4. The van der Waals surface area contributed by atoms with E-state index in [1.807, 2.05) is 24.3 Å². The summed E-state index contributed by atoms with van der Waals surface area (Å²) >= 11 is 0. The van der Waals surface area contributed by atoms with E-state index in [1.165, 1.54) is 6.20 Å². The molecule has 0 radical (unpaired) electrons. The van der Waals surface area contributed by atoms with Crippen LogP contribution in [0.15, 0.2) is 61.3 Å². The van der Waals surface area contributed by atoms with E-state index in [-0.39, 0.29) is 11.8 Å². The Kier molecular flexibility index (Phi) is 4.65. The number of pyridine rings is 1. The number of carbonyl (C=O) groups excluding carboxylic acids is 2. The first-order chi connectivity index (χ1) is 13.2. The van der Waals surface area contributed by atoms with Crippen LogP contribution in [0.5, 0.6) is 0 Å². The fourth-order valence-electron chi connectivity index (χ4n) is 3.10. The largest absolute Gasteiger partial charge is 0.322 e. The number of carbonyl (C=O) groups is 2. The van der Waals surface area contributed by atoms with Crippen LogP contribution in [-0.2, 0) is 4.79 Å². The third-order valence-corrected chi connectivity index (χ3v) is 4.52. The standard InChI is InChI=1S/C20H19N5O2/c26-19-6-1-2-10-25(19)17-5-3-4-16(12-17)23-20(27)15-7-8-18(22-13-15)24-11-9-21-14-24/h3-5,7-9,11-14H,1-2,6,10H2,(H,23,27). The summed E-state index contributed by atoms with van der Waals surface area (Å²) in [6, 6.07) is 10.8. The quantitative estimate of drug-likeness (QED) is 0.774. The second-order valence-electron chi connectivity index (χ2n) is 6.38. The van der Waals surface area contributed by atoms with E-state index < -0.39 is 0 Å². The van der Waals surface area contributed by atoms with Gasteiger partial charge in [-0.2, -0.15) is 0 Å². The van der Waals surface area contributed by atoms with E-state index in [9.17, 15) is 9.59 Å². The van der Waals surface area contributed by atoms with Crippen LogP contribution in [0.4, 0.5) is 11.4 Å². The van der Waals surface area contributed by atoms with Crippen LogP contribution in [0.3, 0.4) is 0 Å². The number of aromatic nitrogens is 3. The zero-order valence-corrected chi connectivity index (χ0v) is 14.7. The van der Waals surface area contributed by atoms with Crippen molar-refractivity contribution in [3.05, 3.63) is 66.9 Å². The summed E-state index contributed by atoms with van der Waals surface area (Å²) in [6.45, 7) is 0.718. The van der Waals surface area contributed by atoms with E-state index >= 15 is 0 Å². The molecule has 7 nitrogen and oxygen atoms in total. The molecule has 0 bridgehead atoms. The van der Waals surface area contributed by atoms with E-state index in [0.717, 1.165) is 25.1 Å². The van der Waals surface area contributed by atoms with Crippen molar-refractivity contribution >= 4 is 23.2 Å². The van der Waals surface area contributed by atoms with Crippen molar-refractivity contribution in [3.8, 4) is 5.82 Å². The van der Waals surface area contributed by atoms with Crippen molar-refractivity contribution in [1.29, 1.82) is 0 Å². The Morgan fingerprint density at radius 3 is 2.81 bits per heavy atom. The highest BCUT2D eigenvalue weighted by atomic mass is 16.2. The zero-order chi connectivity index (χ0) is 18.6. The Morgan fingerprint density at radius 1 is 1.15 bits per heavy atom. The maximum atomic E-state index is 12.5. The molecule has 7 heteroatoms. The predicted molar refractivity (Wildman–Crippen MR) is 102 cm³/mol. The van der Waals surface area contributed by atoms with E-state index in [1.54, 1.807) is 40.3 Å². The Hall–Kier alpha value is -3.48. The van der Waals surface area contributed by atoms with Crippen molar-refractivity contribution < 1.29 is 9.59 Å². The minimum atomic E-state index is -0.248. The van der Waals surface area contributed by atoms with Crippen molar-refractivity contribution in [1.82, 2.24) is 14.5 Å². The number of anilines is 2. The molecule has 1 aromatic carbocycles. The van der Waals surface area contributed by atoms with Gasteiger partial charge in [0.1, 0.15) is 12.1 Å². The number of piperidine rings is 1. The lowest BCUT2D eigenvalue weighted by atomic mass is 10.1. The summed E-state index contributed by atoms with van der Waals surface area (Å²) in [7, 11) is 0. The van der Waals surface area contributed by atoms with Crippen LogP contribution in [0.1, 0.15) is 29.6 Å². The van der Waals surface area contributed by atoms with Crippen LogP contribution >= 0.6 is 0 Å². The van der Waals surface area contributed by atoms with Crippen molar-refractivity contribution in [2.24, 2.45) is 0 Å². The number of nitrogens with zero attached hydrogens (tertiary/aromatic N) is 4. The molecule has 1 N–H and O–H groups in total. The topological polar surface area (TPSA) is 80.1 Å². The van der Waals surface area contributed by atoms with Gasteiger partial charge in [0.25, 0.3) is 5.91 Å². The number of rotatable bonds is 4. The van der Waals surface area contributed by atoms with Crippen LogP contribution < -0.4 is 10.2 Å². The normalized spacial score (nSPS) is 14.2. The van der Waals surface area contributed by atoms with Crippen molar-refractivity contribution in [3.63, 3.8) is 0 Å². The first-order valence-electron chi connectivity index (χ1n) is 8.87. The molecule has 1 aliphatic rings. The van der Waals surface area contributed by atoms with Crippen LogP contribution in [-0.4, -0.2) is 32.9 Å². The minimum Gasteiger partial charge on any atom is -0.322 e. The van der Waals surface area contributed by atoms with Gasteiger partial charge in [0.15, 0.2) is 0 Å². The molecule has 1 aliphatic heterocycles. The summed E-state index contributed by atoms with van der Waals surface area (Å²) < 4.78 is 1.76. The average Bonchev–Trinajstić information content (AvgIpc) is 3.23. The van der Waals surface area contributed by atoms with Gasteiger partial charge in [-0.3, -0.25) is 14.2 Å². The Bertz CT molecular complexity index is 951. The van der Waals surface area contributed by atoms with Gasteiger partial charge in [0, 0.05) is 42.9 Å². The number of nitrogens with one attached hydrogen (secondary N) is 1. The highest BCUT2D eigenvalue weighted by molar-refractivity contribution is 6.04. The monoisotopic (exact) mass is 361 g/mol. The second kappa shape index (κ2) is 7.41. The smallest absolute Gasteiger partial charge is 0.257 e. The minimum absolute atomic E-state index is 0.129. The lowest BCUT2D eigenvalue weighted by Gasteiger charge is -2.27. The Morgan fingerprint density at radius 2 is 2.07 bits per heavy atom. The highest BCUT2D eigenvalue weighted by Crippen LogP contribution is 2.24. The molecule has 0 spiro atoms. The molecule has 1 saturated heterocycles. The van der Waals surface area contributed by atoms with Gasteiger partial charge in [-0.1, -0.05) is 6.07 Å². The first-order valence-corrected chi connectivity index (χ1v) is 8.87. The average molecular weight is 361 g/mol. The molecular formula is C20H19N5O2. The molecule has 3 aromatic rings. The van der Waals surface area contributed by atoms with E-state index in [0.29, 0.717) is 23.5 Å². The summed E-state index contributed by atoms with van der Waals surface area (Å²) in [5, 5.41) is 2.87. The molecule has 3 heterocycles. The van der Waals surface area contributed by atoms with Crippen LogP contribution in [0, 0.1) is 0 Å². The predicted octanol–water partition coefficient (Wildman–Crippen LogP) is 3.04. The van der Waals surface area contributed by atoms with Gasteiger partial charge in [-0.15, -0.1) is 0 Å². The molecule has 0 saturated carbocycles. The summed E-state index contributed by atoms with van der Waals surface area (Å²) in [6.07, 6.45) is 9.15. The van der Waals surface area contributed by atoms with E-state index in [4.69, 9.17) is 0 Å². The maximum Gasteiger partial charge on any atom is 0.257 e. The van der Waals surface area contributed by atoms with Gasteiger partial charge in [-0.25, -0.2) is 9.97 Å². The summed E-state index contributed by atoms with van der Waals surface area (Å²) in [4.78, 5) is 34.7. The van der Waals surface area contributed by atoms with Gasteiger partial charge < -0.3 is 10.2 Å². The summed E-state index contributed by atoms with van der Waals surface area (Å²) in [5.41, 5.74) is 1.92. The van der Waals surface area contributed by atoms with Crippen LogP contribution in [0.2, 0.25) is 0 Å². The number of hydrogen-bond donors (Lipinski definition) is 1. The Balaban J connectivity index is 1.48. The van der Waals surface area contributed by atoms with Crippen molar-refractivity contribution in [2.75, 3.05) is 16.8 Å². The number of benzene rings is 1. The molecule has 4 rings (SSSR count). The molecule has 27 heavy (non-hydrogen) atoms. The zero-order valence-electron chi connectivity index (χ0n) is 14.7. The number of imidazole rings is 1. The fourth-order valence-corrected chi connectivity index (χ4v) is 3.10. The third-order valence-electron chi connectivity index (χ3n) is 4.52. The van der Waals surface area contributed by atoms with Gasteiger partial charge >= 0.3 is 0 Å². The van der Waals surface area contributed by atoms with Gasteiger partial charge in [0.2, 0.25) is 5.91 Å². The lowest BCUT2D eigenvalue weighted by molar-refractivity contribution is -0.119. The molecule has 136 valence electrons. The molecule has 2 aromatic heterocycles. The number of amides is 2. The molecule has 0 unspecified atom stereocenters. The summed E-state index contributed by atoms with van der Waals surface area (Å²) in [5.74, 6) is 0.570. The fraction of sp³-hybridized carbons (Fsp3) is 0.200.